The predicted molar refractivity (Wildman–Crippen MR) is 106 cm³/mol. The smallest absolute Gasteiger partial charge is 0.258 e. The standard InChI is InChI=1S/C16H12Cl2N2OS3/c1-2-22-12-6-4-3-5-9(12)15(21)20-16-19-11(8-23-16)10-7-13(17)24-14(10)18/h3-8H,2H2,1H3,(H,19,20,21). The molecule has 0 saturated heterocycles. The molecule has 0 bridgehead atoms. The van der Waals surface area contributed by atoms with Crippen molar-refractivity contribution >= 4 is 68.7 Å². The van der Waals surface area contributed by atoms with Crippen molar-refractivity contribution in [2.24, 2.45) is 0 Å². The molecule has 8 heteroatoms. The minimum Gasteiger partial charge on any atom is -0.298 e. The van der Waals surface area contributed by atoms with Gasteiger partial charge in [0.2, 0.25) is 0 Å². The van der Waals surface area contributed by atoms with Crippen LogP contribution in [0.5, 0.6) is 0 Å². The molecule has 3 rings (SSSR count). The molecule has 124 valence electrons. The van der Waals surface area contributed by atoms with Gasteiger partial charge in [-0.05, 0) is 24.0 Å². The molecule has 0 fully saturated rings. The van der Waals surface area contributed by atoms with Gasteiger partial charge in [-0.3, -0.25) is 10.1 Å². The predicted octanol–water partition coefficient (Wildman–Crippen LogP) is 6.54. The van der Waals surface area contributed by atoms with Gasteiger partial charge in [0.25, 0.3) is 5.91 Å². The number of nitrogens with zero attached hydrogens (tertiary/aromatic N) is 1. The second-order valence-corrected chi connectivity index (χ2v) is 9.11. The topological polar surface area (TPSA) is 42.0 Å². The lowest BCUT2D eigenvalue weighted by Crippen LogP contribution is -2.12. The highest BCUT2D eigenvalue weighted by atomic mass is 35.5. The SMILES string of the molecule is CCSc1ccccc1C(=O)Nc1nc(-c2cc(Cl)sc2Cl)cs1. The number of carbonyl (C=O) groups is 1. The summed E-state index contributed by atoms with van der Waals surface area (Å²) < 4.78 is 1.20. The van der Waals surface area contributed by atoms with E-state index in [4.69, 9.17) is 23.2 Å². The Kier molecular flexibility index (Phi) is 5.84. The van der Waals surface area contributed by atoms with Gasteiger partial charge in [0.1, 0.15) is 4.34 Å². The summed E-state index contributed by atoms with van der Waals surface area (Å²) in [7, 11) is 0. The third kappa shape index (κ3) is 3.95. The van der Waals surface area contributed by atoms with Crippen LogP contribution in [0.25, 0.3) is 11.3 Å². The summed E-state index contributed by atoms with van der Waals surface area (Å²) in [6, 6.07) is 9.33. The minimum absolute atomic E-state index is 0.165. The molecular formula is C16H12Cl2N2OS3. The fourth-order valence-electron chi connectivity index (χ4n) is 2.07. The summed E-state index contributed by atoms with van der Waals surface area (Å²) in [5.41, 5.74) is 2.14. The number of thioether (sulfide) groups is 1. The van der Waals surface area contributed by atoms with E-state index >= 15 is 0 Å². The number of hydrogen-bond donors (Lipinski definition) is 1. The van der Waals surface area contributed by atoms with Gasteiger partial charge >= 0.3 is 0 Å². The molecule has 0 atom stereocenters. The van der Waals surface area contributed by atoms with E-state index in [0.29, 0.717) is 25.1 Å². The average Bonchev–Trinajstić information content (AvgIpc) is 3.14. The molecule has 0 spiro atoms. The van der Waals surface area contributed by atoms with Gasteiger partial charge in [0.05, 0.1) is 15.6 Å². The molecule has 0 aliphatic heterocycles. The molecule has 24 heavy (non-hydrogen) atoms. The molecule has 1 N–H and O–H groups in total. The van der Waals surface area contributed by atoms with Crippen molar-refractivity contribution in [3.05, 3.63) is 49.9 Å². The number of benzene rings is 1. The summed E-state index contributed by atoms with van der Waals surface area (Å²) in [6.07, 6.45) is 0. The second-order valence-electron chi connectivity index (χ2n) is 4.66. The summed E-state index contributed by atoms with van der Waals surface area (Å²) in [4.78, 5) is 17.9. The van der Waals surface area contributed by atoms with Crippen LogP contribution < -0.4 is 5.32 Å². The van der Waals surface area contributed by atoms with Crippen LogP contribution in [0.1, 0.15) is 17.3 Å². The zero-order chi connectivity index (χ0) is 17.1. The van der Waals surface area contributed by atoms with Crippen LogP contribution >= 0.6 is 57.6 Å². The third-order valence-corrected chi connectivity index (χ3v) is 6.29. The number of aromatic nitrogens is 1. The Morgan fingerprint density at radius 2 is 2.12 bits per heavy atom. The first-order valence-corrected chi connectivity index (χ1v) is 10.5. The third-order valence-electron chi connectivity index (χ3n) is 3.09. The zero-order valence-electron chi connectivity index (χ0n) is 12.5. The minimum atomic E-state index is -0.165. The van der Waals surface area contributed by atoms with Crippen LogP contribution in [-0.4, -0.2) is 16.6 Å². The number of hydrogen-bond acceptors (Lipinski definition) is 5. The largest absolute Gasteiger partial charge is 0.298 e. The van der Waals surface area contributed by atoms with Crippen molar-refractivity contribution in [3.63, 3.8) is 0 Å². The fraction of sp³-hybridized carbons (Fsp3) is 0.125. The number of carbonyl (C=O) groups excluding carboxylic acids is 1. The Balaban J connectivity index is 1.80. The number of anilines is 1. The van der Waals surface area contributed by atoms with Gasteiger partial charge in [-0.1, -0.05) is 42.3 Å². The second kappa shape index (κ2) is 7.89. The number of nitrogens with one attached hydrogen (secondary N) is 1. The molecule has 0 aliphatic carbocycles. The maximum atomic E-state index is 12.5. The normalized spacial score (nSPS) is 10.8. The van der Waals surface area contributed by atoms with Gasteiger partial charge in [0.15, 0.2) is 5.13 Å². The lowest BCUT2D eigenvalue weighted by Gasteiger charge is -2.07. The van der Waals surface area contributed by atoms with Crippen molar-refractivity contribution in [2.75, 3.05) is 11.1 Å². The van der Waals surface area contributed by atoms with Crippen LogP contribution in [0, 0.1) is 0 Å². The molecule has 2 heterocycles. The number of halogens is 2. The van der Waals surface area contributed by atoms with Gasteiger partial charge in [-0.15, -0.1) is 34.4 Å². The van der Waals surface area contributed by atoms with E-state index in [-0.39, 0.29) is 5.91 Å². The molecule has 1 amide bonds. The van der Waals surface area contributed by atoms with Gasteiger partial charge < -0.3 is 0 Å². The molecule has 0 aliphatic rings. The summed E-state index contributed by atoms with van der Waals surface area (Å²) in [5, 5.41) is 5.24. The number of thiophene rings is 1. The van der Waals surface area contributed by atoms with Gasteiger partial charge in [0, 0.05) is 15.8 Å². The van der Waals surface area contributed by atoms with Crippen LogP contribution in [-0.2, 0) is 0 Å². The first-order chi connectivity index (χ1) is 11.6. The Hall–Kier alpha value is -1.05. The molecule has 0 radical (unpaired) electrons. The Morgan fingerprint density at radius 1 is 1.33 bits per heavy atom. The average molecular weight is 415 g/mol. The number of amides is 1. The van der Waals surface area contributed by atoms with E-state index in [1.807, 2.05) is 29.6 Å². The highest BCUT2D eigenvalue weighted by Crippen LogP contribution is 2.39. The van der Waals surface area contributed by atoms with Crippen LogP contribution in [0.3, 0.4) is 0 Å². The van der Waals surface area contributed by atoms with E-state index in [1.54, 1.807) is 17.8 Å². The lowest BCUT2D eigenvalue weighted by molar-refractivity contribution is 0.102. The van der Waals surface area contributed by atoms with E-state index < -0.39 is 0 Å². The summed E-state index contributed by atoms with van der Waals surface area (Å²) in [5.74, 6) is 0.741. The van der Waals surface area contributed by atoms with E-state index in [1.165, 1.54) is 22.7 Å². The molecule has 3 aromatic rings. The van der Waals surface area contributed by atoms with Crippen LogP contribution in [0.4, 0.5) is 5.13 Å². The highest BCUT2D eigenvalue weighted by molar-refractivity contribution is 7.99. The van der Waals surface area contributed by atoms with Crippen molar-refractivity contribution in [1.29, 1.82) is 0 Å². The Labute approximate surface area is 162 Å². The van der Waals surface area contributed by atoms with Crippen molar-refractivity contribution in [1.82, 2.24) is 4.98 Å². The number of thiazole rings is 1. The highest BCUT2D eigenvalue weighted by Gasteiger charge is 2.15. The molecular weight excluding hydrogens is 403 g/mol. The van der Waals surface area contributed by atoms with Crippen LogP contribution in [0.15, 0.2) is 40.6 Å². The monoisotopic (exact) mass is 414 g/mol. The lowest BCUT2D eigenvalue weighted by atomic mass is 10.2. The first kappa shape index (κ1) is 17.8. The fourth-order valence-corrected chi connectivity index (χ4v) is 5.06. The Morgan fingerprint density at radius 3 is 2.83 bits per heavy atom. The van der Waals surface area contributed by atoms with Crippen LogP contribution in [0.2, 0.25) is 8.67 Å². The quantitative estimate of drug-likeness (QED) is 0.481. The van der Waals surface area contributed by atoms with Crippen molar-refractivity contribution < 1.29 is 4.79 Å². The van der Waals surface area contributed by atoms with E-state index in [0.717, 1.165) is 16.2 Å². The van der Waals surface area contributed by atoms with Gasteiger partial charge in [-0.25, -0.2) is 4.98 Å². The molecule has 1 aromatic carbocycles. The Bertz CT molecular complexity index is 876. The molecule has 3 nitrogen and oxygen atoms in total. The van der Waals surface area contributed by atoms with E-state index in [9.17, 15) is 4.79 Å². The van der Waals surface area contributed by atoms with Crippen molar-refractivity contribution in [2.45, 2.75) is 11.8 Å². The molecule has 0 unspecified atom stereocenters. The number of rotatable bonds is 5. The zero-order valence-corrected chi connectivity index (χ0v) is 16.5. The van der Waals surface area contributed by atoms with E-state index in [2.05, 4.69) is 17.2 Å². The maximum absolute atomic E-state index is 12.5. The molecule has 2 aromatic heterocycles. The first-order valence-electron chi connectivity index (χ1n) is 7.02. The maximum Gasteiger partial charge on any atom is 0.258 e. The van der Waals surface area contributed by atoms with Gasteiger partial charge in [-0.2, -0.15) is 0 Å². The summed E-state index contributed by atoms with van der Waals surface area (Å²) in [6.45, 7) is 2.06. The molecule has 0 saturated carbocycles. The summed E-state index contributed by atoms with van der Waals surface area (Å²) >= 11 is 16.4. The van der Waals surface area contributed by atoms with Crippen molar-refractivity contribution in [3.8, 4) is 11.3 Å².